The van der Waals surface area contributed by atoms with Crippen molar-refractivity contribution in [1.29, 1.82) is 0 Å². The fourth-order valence-electron chi connectivity index (χ4n) is 1.66. The lowest BCUT2D eigenvalue weighted by Crippen LogP contribution is -2.23. The second-order valence-electron chi connectivity index (χ2n) is 4.17. The summed E-state index contributed by atoms with van der Waals surface area (Å²) in [6.45, 7) is 3.61. The van der Waals surface area contributed by atoms with Gasteiger partial charge in [0.2, 0.25) is 10.0 Å². The Hall–Kier alpha value is -1.18. The molecule has 0 aliphatic carbocycles. The number of aromatic nitrogens is 1. The molecule has 0 atom stereocenters. The van der Waals surface area contributed by atoms with Gasteiger partial charge in [0.1, 0.15) is 0 Å². The number of nitrogens with zero attached hydrogens (tertiary/aromatic N) is 1. The number of nitrogens with one attached hydrogen (secondary N) is 1. The predicted molar refractivity (Wildman–Crippen MR) is 74.1 cm³/mol. The number of rotatable bonds is 4. The highest BCUT2D eigenvalue weighted by Crippen LogP contribution is 2.20. The molecule has 1 aromatic heterocycles. The van der Waals surface area contributed by atoms with Crippen LogP contribution >= 0.6 is 15.9 Å². The monoisotopic (exact) mass is 344 g/mol. The standard InChI is InChI=1S/C12H13BrN2O3S/c1-8-5-10(13)3-4-12(8)19(16,17)14-7-11-6-9(2)15-18-11/h3-6,14H,7H2,1-2H3. The number of sulfonamides is 1. The van der Waals surface area contributed by atoms with Crippen LogP contribution in [0.1, 0.15) is 17.0 Å². The molecule has 0 spiro atoms. The predicted octanol–water partition coefficient (Wildman–Crippen LogP) is 2.53. The Balaban J connectivity index is 2.18. The van der Waals surface area contributed by atoms with Gasteiger partial charge in [0, 0.05) is 10.5 Å². The quantitative estimate of drug-likeness (QED) is 0.924. The number of benzene rings is 1. The van der Waals surface area contributed by atoms with Crippen LogP contribution in [-0.4, -0.2) is 13.6 Å². The van der Waals surface area contributed by atoms with Crippen LogP contribution in [0.15, 0.2) is 38.2 Å². The van der Waals surface area contributed by atoms with Crippen molar-refractivity contribution in [3.8, 4) is 0 Å². The fourth-order valence-corrected chi connectivity index (χ4v) is 3.35. The second-order valence-corrected chi connectivity index (χ2v) is 6.82. The molecule has 2 rings (SSSR count). The van der Waals surface area contributed by atoms with Crippen LogP contribution in [0.4, 0.5) is 0 Å². The van der Waals surface area contributed by atoms with E-state index in [0.29, 0.717) is 17.0 Å². The van der Waals surface area contributed by atoms with E-state index in [-0.39, 0.29) is 11.4 Å². The molecule has 1 aromatic carbocycles. The van der Waals surface area contributed by atoms with Crippen molar-refractivity contribution in [3.63, 3.8) is 0 Å². The van der Waals surface area contributed by atoms with E-state index in [1.807, 2.05) is 0 Å². The lowest BCUT2D eigenvalue weighted by atomic mass is 10.2. The van der Waals surface area contributed by atoms with Gasteiger partial charge < -0.3 is 4.52 Å². The van der Waals surface area contributed by atoms with Crippen molar-refractivity contribution in [2.75, 3.05) is 0 Å². The first-order chi connectivity index (χ1) is 8.88. The van der Waals surface area contributed by atoms with E-state index in [1.165, 1.54) is 0 Å². The van der Waals surface area contributed by atoms with E-state index in [9.17, 15) is 8.42 Å². The van der Waals surface area contributed by atoms with Gasteiger partial charge in [0.25, 0.3) is 0 Å². The summed E-state index contributed by atoms with van der Waals surface area (Å²) in [6.07, 6.45) is 0. The van der Waals surface area contributed by atoms with Crippen molar-refractivity contribution >= 4 is 26.0 Å². The van der Waals surface area contributed by atoms with Crippen LogP contribution in [-0.2, 0) is 16.6 Å². The van der Waals surface area contributed by atoms with Crippen molar-refractivity contribution in [3.05, 3.63) is 45.8 Å². The van der Waals surface area contributed by atoms with Crippen LogP contribution in [0.25, 0.3) is 0 Å². The molecule has 0 saturated carbocycles. The van der Waals surface area contributed by atoms with E-state index in [1.54, 1.807) is 38.1 Å². The maximum Gasteiger partial charge on any atom is 0.241 e. The van der Waals surface area contributed by atoms with Gasteiger partial charge in [-0.05, 0) is 37.6 Å². The van der Waals surface area contributed by atoms with Gasteiger partial charge >= 0.3 is 0 Å². The molecule has 0 aliphatic rings. The van der Waals surface area contributed by atoms with Crippen LogP contribution in [0, 0.1) is 13.8 Å². The lowest BCUT2D eigenvalue weighted by Gasteiger charge is -2.08. The highest BCUT2D eigenvalue weighted by molar-refractivity contribution is 9.10. The van der Waals surface area contributed by atoms with E-state index >= 15 is 0 Å². The Kier molecular flexibility index (Phi) is 4.07. The van der Waals surface area contributed by atoms with Gasteiger partial charge in [0.15, 0.2) is 5.76 Å². The third-order valence-corrected chi connectivity index (χ3v) is 4.59. The Morgan fingerprint density at radius 2 is 2.05 bits per heavy atom. The fraction of sp³-hybridized carbons (Fsp3) is 0.250. The third-order valence-electron chi connectivity index (χ3n) is 2.54. The van der Waals surface area contributed by atoms with Crippen LogP contribution in [0.5, 0.6) is 0 Å². The average Bonchev–Trinajstić information content (AvgIpc) is 2.72. The minimum Gasteiger partial charge on any atom is -0.360 e. The topological polar surface area (TPSA) is 72.2 Å². The maximum atomic E-state index is 12.2. The van der Waals surface area contributed by atoms with E-state index in [0.717, 1.165) is 4.47 Å². The molecule has 0 fully saturated rings. The zero-order valence-corrected chi connectivity index (χ0v) is 12.9. The van der Waals surface area contributed by atoms with Gasteiger partial charge in [-0.1, -0.05) is 21.1 Å². The van der Waals surface area contributed by atoms with Gasteiger partial charge in [-0.3, -0.25) is 0 Å². The molecule has 0 saturated heterocycles. The SMILES string of the molecule is Cc1cc(CNS(=O)(=O)c2ccc(Br)cc2C)on1. The molecule has 2 aromatic rings. The van der Waals surface area contributed by atoms with E-state index in [4.69, 9.17) is 4.52 Å². The van der Waals surface area contributed by atoms with Crippen molar-refractivity contribution < 1.29 is 12.9 Å². The van der Waals surface area contributed by atoms with Crippen molar-refractivity contribution in [2.45, 2.75) is 25.3 Å². The molecule has 0 amide bonds. The molecule has 1 heterocycles. The average molecular weight is 345 g/mol. The summed E-state index contributed by atoms with van der Waals surface area (Å²) < 4.78 is 32.6. The molecule has 5 nitrogen and oxygen atoms in total. The first-order valence-electron chi connectivity index (χ1n) is 5.56. The Bertz CT molecular complexity index is 695. The minimum absolute atomic E-state index is 0.0820. The summed E-state index contributed by atoms with van der Waals surface area (Å²) in [5, 5.41) is 3.70. The van der Waals surface area contributed by atoms with Crippen LogP contribution < -0.4 is 4.72 Å². The Labute approximate surface area is 120 Å². The molecule has 102 valence electrons. The highest BCUT2D eigenvalue weighted by atomic mass is 79.9. The number of hydrogen-bond donors (Lipinski definition) is 1. The normalized spacial score (nSPS) is 11.7. The van der Waals surface area contributed by atoms with Gasteiger partial charge in [-0.15, -0.1) is 0 Å². The molecule has 19 heavy (non-hydrogen) atoms. The Morgan fingerprint density at radius 3 is 2.63 bits per heavy atom. The van der Waals surface area contributed by atoms with Crippen LogP contribution in [0.3, 0.4) is 0 Å². The largest absolute Gasteiger partial charge is 0.360 e. The smallest absolute Gasteiger partial charge is 0.241 e. The molecule has 0 aliphatic heterocycles. The first-order valence-corrected chi connectivity index (χ1v) is 7.84. The summed E-state index contributed by atoms with van der Waals surface area (Å²) >= 11 is 3.30. The molecular weight excluding hydrogens is 332 g/mol. The summed E-state index contributed by atoms with van der Waals surface area (Å²) in [7, 11) is -3.56. The zero-order chi connectivity index (χ0) is 14.0. The van der Waals surface area contributed by atoms with E-state index < -0.39 is 10.0 Å². The summed E-state index contributed by atoms with van der Waals surface area (Å²) in [5.41, 5.74) is 1.39. The van der Waals surface area contributed by atoms with Crippen molar-refractivity contribution in [1.82, 2.24) is 9.88 Å². The molecule has 0 unspecified atom stereocenters. The summed E-state index contributed by atoms with van der Waals surface area (Å²) in [4.78, 5) is 0.256. The van der Waals surface area contributed by atoms with Crippen LogP contribution in [0.2, 0.25) is 0 Å². The Morgan fingerprint density at radius 1 is 1.32 bits per heavy atom. The molecule has 0 bridgehead atoms. The van der Waals surface area contributed by atoms with E-state index in [2.05, 4.69) is 25.8 Å². The van der Waals surface area contributed by atoms with Crippen molar-refractivity contribution in [2.24, 2.45) is 0 Å². The summed E-state index contributed by atoms with van der Waals surface area (Å²) in [6, 6.07) is 6.71. The second kappa shape index (κ2) is 5.44. The number of halogens is 1. The number of aryl methyl sites for hydroxylation is 2. The zero-order valence-electron chi connectivity index (χ0n) is 10.5. The van der Waals surface area contributed by atoms with Gasteiger partial charge in [-0.25, -0.2) is 13.1 Å². The minimum atomic E-state index is -3.56. The summed E-state index contributed by atoms with van der Waals surface area (Å²) in [5.74, 6) is 0.482. The lowest BCUT2D eigenvalue weighted by molar-refractivity contribution is 0.377. The third kappa shape index (κ3) is 3.43. The van der Waals surface area contributed by atoms with Gasteiger partial charge in [0.05, 0.1) is 17.1 Å². The first kappa shape index (κ1) is 14.2. The number of hydrogen-bond acceptors (Lipinski definition) is 4. The molecule has 1 N–H and O–H groups in total. The highest BCUT2D eigenvalue weighted by Gasteiger charge is 2.17. The van der Waals surface area contributed by atoms with Gasteiger partial charge in [-0.2, -0.15) is 0 Å². The molecule has 0 radical (unpaired) electrons. The molecular formula is C12H13BrN2O3S. The molecule has 7 heteroatoms. The maximum absolute atomic E-state index is 12.2.